The zero-order valence-electron chi connectivity index (χ0n) is 20.8. The maximum atomic E-state index is 13.2. The minimum absolute atomic E-state index is 0.0168. The Kier molecular flexibility index (Phi) is 8.37. The Labute approximate surface area is 207 Å². The van der Waals surface area contributed by atoms with Crippen molar-refractivity contribution in [2.75, 3.05) is 39.3 Å². The molecule has 2 aliphatic heterocycles. The van der Waals surface area contributed by atoms with Gasteiger partial charge in [-0.3, -0.25) is 9.59 Å². The Balaban J connectivity index is 1.26. The lowest BCUT2D eigenvalue weighted by Gasteiger charge is -2.34. The van der Waals surface area contributed by atoms with Crippen molar-refractivity contribution < 1.29 is 9.59 Å². The summed E-state index contributed by atoms with van der Waals surface area (Å²) < 4.78 is 0. The fraction of sp³-hybridized carbons (Fsp3) is 0.593. The lowest BCUT2D eigenvalue weighted by Crippen LogP contribution is -2.44. The largest absolute Gasteiger partial charge is 0.355 e. The first-order chi connectivity index (χ1) is 16.4. The van der Waals surface area contributed by atoms with Gasteiger partial charge in [0.25, 0.3) is 5.91 Å². The number of rotatable bonds is 7. The number of amides is 2. The Morgan fingerprint density at radius 1 is 1.06 bits per heavy atom. The van der Waals surface area contributed by atoms with Gasteiger partial charge in [0.15, 0.2) is 0 Å². The number of hydrogen-bond acceptors (Lipinski definition) is 5. The SMILES string of the molecule is Cc1ccc(-c2nc(C)c(C(=O)N3CCC(C(C)C(=O)NCCN4CCCCC4)CC3)s2)cc1. The van der Waals surface area contributed by atoms with E-state index in [-0.39, 0.29) is 17.7 Å². The number of thiazole rings is 1. The molecule has 2 aromatic rings. The topological polar surface area (TPSA) is 65.5 Å². The van der Waals surface area contributed by atoms with E-state index in [4.69, 9.17) is 0 Å². The van der Waals surface area contributed by atoms with Gasteiger partial charge >= 0.3 is 0 Å². The van der Waals surface area contributed by atoms with E-state index in [0.29, 0.717) is 19.0 Å². The summed E-state index contributed by atoms with van der Waals surface area (Å²) in [6, 6.07) is 8.27. The molecule has 34 heavy (non-hydrogen) atoms. The molecule has 2 fully saturated rings. The standard InChI is InChI=1S/C27H38N4O2S/c1-19-7-9-23(10-8-19)26-29-21(3)24(34-26)27(33)31-16-11-22(12-17-31)20(2)25(32)28-13-18-30-14-5-4-6-15-30/h7-10,20,22H,4-6,11-18H2,1-3H3,(H,28,32). The maximum Gasteiger partial charge on any atom is 0.265 e. The van der Waals surface area contributed by atoms with Gasteiger partial charge in [0, 0.05) is 37.7 Å². The molecule has 0 radical (unpaired) electrons. The molecule has 1 unspecified atom stereocenters. The highest BCUT2D eigenvalue weighted by atomic mass is 32.1. The zero-order chi connectivity index (χ0) is 24.1. The Morgan fingerprint density at radius 3 is 2.41 bits per heavy atom. The van der Waals surface area contributed by atoms with Crippen LogP contribution in [-0.4, -0.2) is 65.9 Å². The van der Waals surface area contributed by atoms with Gasteiger partial charge in [-0.25, -0.2) is 4.98 Å². The van der Waals surface area contributed by atoms with Gasteiger partial charge < -0.3 is 15.1 Å². The van der Waals surface area contributed by atoms with Crippen molar-refractivity contribution in [3.05, 3.63) is 40.4 Å². The van der Waals surface area contributed by atoms with Crippen LogP contribution < -0.4 is 5.32 Å². The van der Waals surface area contributed by atoms with Crippen LogP contribution >= 0.6 is 11.3 Å². The van der Waals surface area contributed by atoms with Crippen LogP contribution in [-0.2, 0) is 4.79 Å². The minimum Gasteiger partial charge on any atom is -0.355 e. The molecule has 0 bridgehead atoms. The fourth-order valence-electron chi connectivity index (χ4n) is 5.06. The van der Waals surface area contributed by atoms with Crippen molar-refractivity contribution in [3.8, 4) is 10.6 Å². The molecule has 1 aromatic heterocycles. The number of nitrogens with one attached hydrogen (secondary N) is 1. The van der Waals surface area contributed by atoms with E-state index < -0.39 is 0 Å². The number of nitrogens with zero attached hydrogens (tertiary/aromatic N) is 3. The number of carbonyl (C=O) groups excluding carboxylic acids is 2. The second-order valence-corrected chi connectivity index (χ2v) is 10.9. The smallest absolute Gasteiger partial charge is 0.265 e. The molecule has 6 nitrogen and oxygen atoms in total. The van der Waals surface area contributed by atoms with E-state index in [1.54, 1.807) is 0 Å². The van der Waals surface area contributed by atoms with Crippen molar-refractivity contribution >= 4 is 23.2 Å². The van der Waals surface area contributed by atoms with Crippen molar-refractivity contribution in [1.82, 2.24) is 20.1 Å². The van der Waals surface area contributed by atoms with E-state index in [1.165, 1.54) is 36.2 Å². The number of carbonyl (C=O) groups is 2. The van der Waals surface area contributed by atoms with Crippen LogP contribution in [0.1, 0.15) is 60.0 Å². The van der Waals surface area contributed by atoms with Crippen molar-refractivity contribution in [1.29, 1.82) is 0 Å². The van der Waals surface area contributed by atoms with Crippen LogP contribution in [0.15, 0.2) is 24.3 Å². The van der Waals surface area contributed by atoms with Crippen LogP contribution in [0.4, 0.5) is 0 Å². The van der Waals surface area contributed by atoms with E-state index in [2.05, 4.69) is 46.4 Å². The normalized spacial score (nSPS) is 18.6. The number of aromatic nitrogens is 1. The van der Waals surface area contributed by atoms with Crippen molar-refractivity contribution in [3.63, 3.8) is 0 Å². The number of piperidine rings is 2. The van der Waals surface area contributed by atoms with Crippen LogP contribution in [0.25, 0.3) is 10.6 Å². The molecule has 0 saturated carbocycles. The van der Waals surface area contributed by atoms with Crippen molar-refractivity contribution in [2.45, 2.75) is 52.9 Å². The molecule has 1 aromatic carbocycles. The summed E-state index contributed by atoms with van der Waals surface area (Å²) in [5, 5.41) is 4.04. The average molecular weight is 483 g/mol. The Hall–Kier alpha value is -2.25. The van der Waals surface area contributed by atoms with E-state index in [1.807, 2.05) is 18.7 Å². The molecule has 0 aliphatic carbocycles. The second kappa shape index (κ2) is 11.5. The van der Waals surface area contributed by atoms with Crippen LogP contribution in [0.2, 0.25) is 0 Å². The maximum absolute atomic E-state index is 13.2. The molecule has 0 spiro atoms. The molecular weight excluding hydrogens is 444 g/mol. The summed E-state index contributed by atoms with van der Waals surface area (Å²) >= 11 is 1.48. The predicted octanol–water partition coefficient (Wildman–Crippen LogP) is 4.52. The van der Waals surface area contributed by atoms with Gasteiger partial charge in [0.2, 0.25) is 5.91 Å². The molecule has 2 saturated heterocycles. The Morgan fingerprint density at radius 2 is 1.74 bits per heavy atom. The van der Waals surface area contributed by atoms with Crippen LogP contribution in [0.3, 0.4) is 0 Å². The van der Waals surface area contributed by atoms with E-state index in [0.717, 1.165) is 60.2 Å². The van der Waals surface area contributed by atoms with Gasteiger partial charge in [-0.1, -0.05) is 43.2 Å². The third kappa shape index (κ3) is 6.05. The van der Waals surface area contributed by atoms with Gasteiger partial charge in [-0.05, 0) is 58.5 Å². The molecule has 3 heterocycles. The predicted molar refractivity (Wildman–Crippen MR) is 138 cm³/mol. The average Bonchev–Trinajstić information content (AvgIpc) is 3.25. The number of hydrogen-bond donors (Lipinski definition) is 1. The minimum atomic E-state index is -0.0168. The van der Waals surface area contributed by atoms with Gasteiger partial charge in [0.1, 0.15) is 9.88 Å². The molecule has 184 valence electrons. The second-order valence-electron chi connectivity index (χ2n) is 9.91. The number of aryl methyl sites for hydroxylation is 2. The van der Waals surface area contributed by atoms with Crippen LogP contribution in [0.5, 0.6) is 0 Å². The lowest BCUT2D eigenvalue weighted by atomic mass is 9.85. The molecule has 2 aliphatic rings. The third-order valence-corrected chi connectivity index (χ3v) is 8.61. The molecule has 1 N–H and O–H groups in total. The van der Waals surface area contributed by atoms with Crippen LogP contribution in [0, 0.1) is 25.7 Å². The highest BCUT2D eigenvalue weighted by Crippen LogP contribution is 2.31. The van der Waals surface area contributed by atoms with Gasteiger partial charge in [0.05, 0.1) is 5.69 Å². The first-order valence-corrected chi connectivity index (χ1v) is 13.6. The number of likely N-dealkylation sites (tertiary alicyclic amines) is 2. The summed E-state index contributed by atoms with van der Waals surface area (Å²) in [5.74, 6) is 0.537. The molecule has 4 rings (SSSR count). The monoisotopic (exact) mass is 482 g/mol. The summed E-state index contributed by atoms with van der Waals surface area (Å²) in [6.45, 7) is 11.4. The van der Waals surface area contributed by atoms with E-state index >= 15 is 0 Å². The van der Waals surface area contributed by atoms with Gasteiger partial charge in [-0.15, -0.1) is 11.3 Å². The Bertz CT molecular complexity index is 973. The lowest BCUT2D eigenvalue weighted by molar-refractivity contribution is -0.126. The first kappa shape index (κ1) is 24.9. The molecular formula is C27H38N4O2S. The quantitative estimate of drug-likeness (QED) is 0.630. The third-order valence-electron chi connectivity index (χ3n) is 7.41. The molecule has 7 heteroatoms. The zero-order valence-corrected chi connectivity index (χ0v) is 21.6. The number of benzene rings is 1. The van der Waals surface area contributed by atoms with Gasteiger partial charge in [-0.2, -0.15) is 0 Å². The van der Waals surface area contributed by atoms with E-state index in [9.17, 15) is 9.59 Å². The molecule has 2 amide bonds. The highest BCUT2D eigenvalue weighted by Gasteiger charge is 2.31. The van der Waals surface area contributed by atoms with Crippen molar-refractivity contribution in [2.24, 2.45) is 11.8 Å². The summed E-state index contributed by atoms with van der Waals surface area (Å²) in [5.41, 5.74) is 3.06. The summed E-state index contributed by atoms with van der Waals surface area (Å²) in [7, 11) is 0. The summed E-state index contributed by atoms with van der Waals surface area (Å²) in [6.07, 6.45) is 5.62. The molecule has 1 atom stereocenters. The first-order valence-electron chi connectivity index (χ1n) is 12.8. The fourth-order valence-corrected chi connectivity index (χ4v) is 6.10. The highest BCUT2D eigenvalue weighted by molar-refractivity contribution is 7.17. The summed E-state index contributed by atoms with van der Waals surface area (Å²) in [4.78, 5) is 35.7.